The third-order valence-electron chi connectivity index (χ3n) is 2.41. The van der Waals surface area contributed by atoms with E-state index in [9.17, 15) is 4.79 Å². The number of aromatic amines is 1. The van der Waals surface area contributed by atoms with E-state index in [-0.39, 0.29) is 5.56 Å². The molecule has 0 atom stereocenters. The first-order valence-electron chi connectivity index (χ1n) is 4.90. The molecule has 1 N–H and O–H groups in total. The maximum absolute atomic E-state index is 11.2. The van der Waals surface area contributed by atoms with Gasteiger partial charge in [-0.15, -0.1) is 0 Å². The van der Waals surface area contributed by atoms with Gasteiger partial charge in [-0.3, -0.25) is 4.79 Å². The van der Waals surface area contributed by atoms with E-state index in [0.29, 0.717) is 11.1 Å². The molecule has 2 aromatic rings. The molecule has 3 heteroatoms. The van der Waals surface area contributed by atoms with Crippen molar-refractivity contribution in [3.05, 3.63) is 58.0 Å². The van der Waals surface area contributed by atoms with E-state index < -0.39 is 0 Å². The molecule has 0 spiro atoms. The van der Waals surface area contributed by atoms with Crippen molar-refractivity contribution in [2.75, 3.05) is 0 Å². The van der Waals surface area contributed by atoms with Gasteiger partial charge in [0.1, 0.15) is 0 Å². The van der Waals surface area contributed by atoms with Crippen LogP contribution in [0.25, 0.3) is 11.1 Å². The average Bonchev–Trinajstić information content (AvgIpc) is 2.33. The second kappa shape index (κ2) is 4.03. The third-order valence-corrected chi connectivity index (χ3v) is 2.41. The van der Waals surface area contributed by atoms with Gasteiger partial charge in [-0.2, -0.15) is 5.26 Å². The maximum Gasteiger partial charge on any atom is 0.250 e. The lowest BCUT2D eigenvalue weighted by Gasteiger charge is -2.02. The zero-order valence-corrected chi connectivity index (χ0v) is 8.82. The molecule has 0 unspecified atom stereocenters. The van der Waals surface area contributed by atoms with E-state index >= 15 is 0 Å². The number of rotatable bonds is 1. The summed E-state index contributed by atoms with van der Waals surface area (Å²) in [7, 11) is 0. The Hall–Kier alpha value is -2.34. The van der Waals surface area contributed by atoms with Crippen LogP contribution in [0.1, 0.15) is 11.1 Å². The molecule has 0 saturated heterocycles. The Labute approximate surface area is 93.0 Å². The second-order valence-corrected chi connectivity index (χ2v) is 3.59. The van der Waals surface area contributed by atoms with Crippen molar-refractivity contribution in [1.82, 2.24) is 4.98 Å². The van der Waals surface area contributed by atoms with E-state index in [1.807, 2.05) is 18.2 Å². The number of nitrogens with one attached hydrogen (secondary N) is 1. The van der Waals surface area contributed by atoms with Gasteiger partial charge in [0.25, 0.3) is 5.56 Å². The van der Waals surface area contributed by atoms with Crippen LogP contribution in [0.5, 0.6) is 0 Å². The van der Waals surface area contributed by atoms with Gasteiger partial charge in [0.2, 0.25) is 0 Å². The van der Waals surface area contributed by atoms with Gasteiger partial charge in [-0.25, -0.2) is 0 Å². The summed E-state index contributed by atoms with van der Waals surface area (Å²) in [6.07, 6.45) is 1.66. The van der Waals surface area contributed by atoms with Crippen LogP contribution in [0.2, 0.25) is 0 Å². The molecule has 0 aliphatic heterocycles. The molecule has 0 aliphatic carbocycles. The molecule has 0 radical (unpaired) electrons. The molecule has 0 fully saturated rings. The van der Waals surface area contributed by atoms with Crippen LogP contribution in [0.15, 0.2) is 41.3 Å². The Morgan fingerprint density at radius 3 is 2.75 bits per heavy atom. The number of benzene rings is 1. The fourth-order valence-electron chi connectivity index (χ4n) is 1.53. The van der Waals surface area contributed by atoms with Gasteiger partial charge < -0.3 is 4.98 Å². The molecule has 1 heterocycles. The predicted molar refractivity (Wildman–Crippen MR) is 62.0 cm³/mol. The summed E-state index contributed by atoms with van der Waals surface area (Å²) in [4.78, 5) is 13.9. The minimum Gasteiger partial charge on any atom is -0.328 e. The zero-order chi connectivity index (χ0) is 11.5. The molecule has 0 amide bonds. The predicted octanol–water partition coefficient (Wildman–Crippen LogP) is 2.22. The van der Waals surface area contributed by atoms with Crippen LogP contribution in [-0.4, -0.2) is 4.98 Å². The molecular formula is C13H10N2O. The van der Waals surface area contributed by atoms with Crippen molar-refractivity contribution in [2.24, 2.45) is 0 Å². The van der Waals surface area contributed by atoms with Gasteiger partial charge in [-0.1, -0.05) is 12.1 Å². The highest BCUT2D eigenvalue weighted by atomic mass is 16.1. The molecule has 0 aliphatic rings. The summed E-state index contributed by atoms with van der Waals surface area (Å²) < 4.78 is 0. The topological polar surface area (TPSA) is 56.6 Å². The molecule has 0 bridgehead atoms. The van der Waals surface area contributed by atoms with Gasteiger partial charge in [-0.05, 0) is 36.2 Å². The first-order chi connectivity index (χ1) is 7.70. The summed E-state index contributed by atoms with van der Waals surface area (Å²) in [5.74, 6) is 0. The van der Waals surface area contributed by atoms with E-state index in [1.54, 1.807) is 25.3 Å². The highest BCUT2D eigenvalue weighted by Gasteiger charge is 2.01. The molecule has 78 valence electrons. The lowest BCUT2D eigenvalue weighted by molar-refractivity contribution is 1.18. The van der Waals surface area contributed by atoms with Crippen LogP contribution in [0, 0.1) is 18.3 Å². The minimum absolute atomic E-state index is 0.0832. The van der Waals surface area contributed by atoms with Gasteiger partial charge in [0.15, 0.2) is 0 Å². The van der Waals surface area contributed by atoms with E-state index in [4.69, 9.17) is 5.26 Å². The number of nitrogens with zero attached hydrogens (tertiary/aromatic N) is 1. The van der Waals surface area contributed by atoms with E-state index in [2.05, 4.69) is 11.1 Å². The Bertz CT molecular complexity index is 620. The molecule has 1 aromatic carbocycles. The first-order valence-corrected chi connectivity index (χ1v) is 4.90. The second-order valence-electron chi connectivity index (χ2n) is 3.59. The van der Waals surface area contributed by atoms with Crippen molar-refractivity contribution >= 4 is 0 Å². The number of hydrogen-bond acceptors (Lipinski definition) is 2. The number of aromatic nitrogens is 1. The summed E-state index contributed by atoms with van der Waals surface area (Å²) in [6, 6.07) is 11.2. The number of nitriles is 1. The van der Waals surface area contributed by atoms with Crippen LogP contribution < -0.4 is 5.56 Å². The molecule has 16 heavy (non-hydrogen) atoms. The van der Waals surface area contributed by atoms with Crippen molar-refractivity contribution in [3.63, 3.8) is 0 Å². The summed E-state index contributed by atoms with van der Waals surface area (Å²) in [5.41, 5.74) is 3.04. The number of pyridine rings is 1. The van der Waals surface area contributed by atoms with Crippen molar-refractivity contribution < 1.29 is 0 Å². The quantitative estimate of drug-likeness (QED) is 0.784. The van der Waals surface area contributed by atoms with Gasteiger partial charge in [0, 0.05) is 11.8 Å². The number of H-pyrrole nitrogens is 1. The zero-order valence-electron chi connectivity index (χ0n) is 8.82. The molecule has 0 saturated carbocycles. The van der Waals surface area contributed by atoms with Gasteiger partial charge in [0.05, 0.1) is 11.6 Å². The number of aryl methyl sites for hydroxylation is 1. The summed E-state index contributed by atoms with van der Waals surface area (Å²) >= 11 is 0. The third kappa shape index (κ3) is 1.86. The summed E-state index contributed by atoms with van der Waals surface area (Å²) in [5, 5.41) is 8.80. The van der Waals surface area contributed by atoms with Gasteiger partial charge >= 0.3 is 0 Å². The van der Waals surface area contributed by atoms with E-state index in [0.717, 1.165) is 11.1 Å². The molecule has 2 rings (SSSR count). The van der Waals surface area contributed by atoms with Crippen molar-refractivity contribution in [3.8, 4) is 17.2 Å². The fraction of sp³-hybridized carbons (Fsp3) is 0.0769. The maximum atomic E-state index is 11.2. The Kier molecular flexibility index (Phi) is 2.57. The molecule has 1 aromatic heterocycles. The van der Waals surface area contributed by atoms with Crippen LogP contribution in [0.4, 0.5) is 0 Å². The van der Waals surface area contributed by atoms with Crippen molar-refractivity contribution in [1.29, 1.82) is 5.26 Å². The fourth-order valence-corrected chi connectivity index (χ4v) is 1.53. The standard InChI is InChI=1S/C13H10N2O/c1-9-5-12(8-15-13(9)16)11-4-2-3-10(6-11)7-14/h2-6,8H,1H3,(H,15,16). The van der Waals surface area contributed by atoms with Crippen LogP contribution in [-0.2, 0) is 0 Å². The van der Waals surface area contributed by atoms with Crippen LogP contribution >= 0.6 is 0 Å². The van der Waals surface area contributed by atoms with Crippen molar-refractivity contribution in [2.45, 2.75) is 6.92 Å². The first kappa shape index (κ1) is 10.2. The minimum atomic E-state index is -0.0832. The van der Waals surface area contributed by atoms with E-state index in [1.165, 1.54) is 0 Å². The Morgan fingerprint density at radius 2 is 2.06 bits per heavy atom. The Balaban J connectivity index is 2.55. The highest BCUT2D eigenvalue weighted by molar-refractivity contribution is 5.64. The smallest absolute Gasteiger partial charge is 0.250 e. The average molecular weight is 210 g/mol. The molecule has 3 nitrogen and oxygen atoms in total. The van der Waals surface area contributed by atoms with Crippen LogP contribution in [0.3, 0.4) is 0 Å². The SMILES string of the molecule is Cc1cc(-c2cccc(C#N)c2)c[nH]c1=O. The lowest BCUT2D eigenvalue weighted by atomic mass is 10.0. The summed E-state index contributed by atoms with van der Waals surface area (Å²) in [6.45, 7) is 1.76. The number of hydrogen-bond donors (Lipinski definition) is 1. The molecular weight excluding hydrogens is 200 g/mol. The Morgan fingerprint density at radius 1 is 1.25 bits per heavy atom. The normalized spacial score (nSPS) is 9.75. The lowest BCUT2D eigenvalue weighted by Crippen LogP contribution is -2.07. The monoisotopic (exact) mass is 210 g/mol. The largest absolute Gasteiger partial charge is 0.328 e. The highest BCUT2D eigenvalue weighted by Crippen LogP contribution is 2.19.